The maximum Gasteiger partial charge on any atom is 0.0707 e. The zero-order chi connectivity index (χ0) is 10.7. The molecule has 0 spiro atoms. The molecule has 1 aromatic rings. The smallest absolute Gasteiger partial charge is 0.0707 e. The first-order chi connectivity index (χ1) is 7.25. The first kappa shape index (κ1) is 10.7. The molecule has 2 rings (SSSR count). The van der Waals surface area contributed by atoms with Crippen molar-refractivity contribution in [2.45, 2.75) is 18.9 Å². The topological polar surface area (TPSA) is 23.5 Å². The molecule has 1 heterocycles. The highest BCUT2D eigenvalue weighted by Crippen LogP contribution is 2.20. The fourth-order valence-electron chi connectivity index (χ4n) is 2.35. The van der Waals surface area contributed by atoms with E-state index in [1.54, 1.807) is 0 Å². The van der Waals surface area contributed by atoms with Crippen LogP contribution in [0.25, 0.3) is 0 Å². The molecule has 1 aliphatic heterocycles. The molecule has 0 aromatic heterocycles. The minimum Gasteiger partial charge on any atom is -0.391 e. The molecular weight excluding hydrogens is 186 g/mol. The third-order valence-electron chi connectivity index (χ3n) is 3.24. The molecule has 0 unspecified atom stereocenters. The van der Waals surface area contributed by atoms with Crippen molar-refractivity contribution < 1.29 is 5.11 Å². The second-order valence-corrected chi connectivity index (χ2v) is 4.57. The van der Waals surface area contributed by atoms with Gasteiger partial charge in [-0.05, 0) is 31.4 Å². The van der Waals surface area contributed by atoms with Gasteiger partial charge in [-0.1, -0.05) is 30.3 Å². The summed E-state index contributed by atoms with van der Waals surface area (Å²) in [7, 11) is 2.08. The Hall–Kier alpha value is -0.860. The van der Waals surface area contributed by atoms with Crippen molar-refractivity contribution in [3.8, 4) is 0 Å². The molecule has 2 nitrogen and oxygen atoms in total. The van der Waals surface area contributed by atoms with Gasteiger partial charge in [0.1, 0.15) is 0 Å². The van der Waals surface area contributed by atoms with Gasteiger partial charge >= 0.3 is 0 Å². The molecule has 0 bridgehead atoms. The summed E-state index contributed by atoms with van der Waals surface area (Å²) in [5, 5.41) is 9.80. The molecule has 2 heteroatoms. The Morgan fingerprint density at radius 2 is 2.00 bits per heavy atom. The average Bonchev–Trinajstić information content (AvgIpc) is 2.56. The Labute approximate surface area is 91.5 Å². The van der Waals surface area contributed by atoms with Gasteiger partial charge in [0.15, 0.2) is 0 Å². The Morgan fingerprint density at radius 3 is 2.60 bits per heavy atom. The summed E-state index contributed by atoms with van der Waals surface area (Å²) in [5.41, 5.74) is 1.37. The van der Waals surface area contributed by atoms with Crippen molar-refractivity contribution >= 4 is 0 Å². The van der Waals surface area contributed by atoms with E-state index in [0.29, 0.717) is 5.92 Å². The van der Waals surface area contributed by atoms with Crippen molar-refractivity contribution in [1.82, 2.24) is 4.90 Å². The Kier molecular flexibility index (Phi) is 3.39. The first-order valence-electron chi connectivity index (χ1n) is 5.66. The van der Waals surface area contributed by atoms with Crippen LogP contribution in [0.1, 0.15) is 12.0 Å². The second-order valence-electron chi connectivity index (χ2n) is 4.57. The van der Waals surface area contributed by atoms with E-state index in [9.17, 15) is 5.11 Å². The summed E-state index contributed by atoms with van der Waals surface area (Å²) >= 11 is 0. The van der Waals surface area contributed by atoms with E-state index in [2.05, 4.69) is 36.2 Å². The minimum atomic E-state index is -0.126. The fraction of sp³-hybridized carbons (Fsp3) is 0.538. The van der Waals surface area contributed by atoms with Gasteiger partial charge in [0.25, 0.3) is 0 Å². The Balaban J connectivity index is 1.84. The number of aliphatic hydroxyl groups excluding tert-OH is 1. The van der Waals surface area contributed by atoms with Gasteiger partial charge in [-0.25, -0.2) is 0 Å². The molecule has 1 aromatic carbocycles. The van der Waals surface area contributed by atoms with Crippen LogP contribution in [-0.2, 0) is 6.42 Å². The van der Waals surface area contributed by atoms with Gasteiger partial charge in [0.2, 0.25) is 0 Å². The van der Waals surface area contributed by atoms with E-state index in [-0.39, 0.29) is 6.10 Å². The first-order valence-corrected chi connectivity index (χ1v) is 5.66. The number of aliphatic hydroxyl groups is 1. The maximum atomic E-state index is 9.80. The molecule has 1 saturated heterocycles. The SMILES string of the molecule is CN1C[C@H](CCc2ccccc2)[C@H](O)C1. The average molecular weight is 205 g/mol. The van der Waals surface area contributed by atoms with E-state index in [1.165, 1.54) is 5.56 Å². The lowest BCUT2D eigenvalue weighted by atomic mass is 9.97. The Bertz CT molecular complexity index is 299. The van der Waals surface area contributed by atoms with Gasteiger partial charge < -0.3 is 10.0 Å². The quantitative estimate of drug-likeness (QED) is 0.809. The lowest BCUT2D eigenvalue weighted by Gasteiger charge is -2.12. The number of likely N-dealkylation sites (N-methyl/N-ethyl adjacent to an activating group) is 1. The van der Waals surface area contributed by atoms with Crippen molar-refractivity contribution in [2.75, 3.05) is 20.1 Å². The van der Waals surface area contributed by atoms with Crippen LogP contribution < -0.4 is 0 Å². The van der Waals surface area contributed by atoms with E-state index in [0.717, 1.165) is 25.9 Å². The third-order valence-corrected chi connectivity index (χ3v) is 3.24. The molecule has 2 atom stereocenters. The van der Waals surface area contributed by atoms with Gasteiger partial charge in [0, 0.05) is 13.1 Å². The van der Waals surface area contributed by atoms with Crippen LogP contribution in [0.4, 0.5) is 0 Å². The third kappa shape index (κ3) is 2.80. The summed E-state index contributed by atoms with van der Waals surface area (Å²) in [6, 6.07) is 10.5. The van der Waals surface area contributed by atoms with Crippen molar-refractivity contribution in [3.63, 3.8) is 0 Å². The summed E-state index contributed by atoms with van der Waals surface area (Å²) in [4.78, 5) is 2.21. The zero-order valence-corrected chi connectivity index (χ0v) is 9.26. The molecule has 0 saturated carbocycles. The highest BCUT2D eigenvalue weighted by Gasteiger charge is 2.28. The normalized spacial score (nSPS) is 27.1. The molecule has 1 N–H and O–H groups in total. The van der Waals surface area contributed by atoms with Crippen molar-refractivity contribution in [1.29, 1.82) is 0 Å². The molecule has 0 radical (unpaired) electrons. The van der Waals surface area contributed by atoms with Gasteiger partial charge in [0.05, 0.1) is 6.10 Å². The zero-order valence-electron chi connectivity index (χ0n) is 9.26. The number of rotatable bonds is 3. The molecule has 15 heavy (non-hydrogen) atoms. The minimum absolute atomic E-state index is 0.126. The van der Waals surface area contributed by atoms with Gasteiger partial charge in [-0.2, -0.15) is 0 Å². The van der Waals surface area contributed by atoms with E-state index in [1.807, 2.05) is 6.07 Å². The predicted molar refractivity (Wildman–Crippen MR) is 61.8 cm³/mol. The highest BCUT2D eigenvalue weighted by molar-refractivity contribution is 5.14. The largest absolute Gasteiger partial charge is 0.391 e. The second kappa shape index (κ2) is 4.77. The summed E-state index contributed by atoms with van der Waals surface area (Å²) in [6.45, 7) is 1.87. The summed E-state index contributed by atoms with van der Waals surface area (Å²) in [5.74, 6) is 0.454. The molecule has 1 aliphatic rings. The van der Waals surface area contributed by atoms with Crippen LogP contribution in [-0.4, -0.2) is 36.2 Å². The van der Waals surface area contributed by atoms with Crippen LogP contribution >= 0.6 is 0 Å². The van der Waals surface area contributed by atoms with Crippen LogP contribution in [0, 0.1) is 5.92 Å². The number of hydrogen-bond acceptors (Lipinski definition) is 2. The maximum absolute atomic E-state index is 9.80. The standard InChI is InChI=1S/C13H19NO/c1-14-9-12(13(15)10-14)8-7-11-5-3-2-4-6-11/h2-6,12-13,15H,7-10H2,1H3/t12-,13+/m0/s1. The Morgan fingerprint density at radius 1 is 1.27 bits per heavy atom. The molecule has 0 aliphatic carbocycles. The predicted octanol–water partition coefficient (Wildman–Crippen LogP) is 1.54. The van der Waals surface area contributed by atoms with Crippen LogP contribution in [0.2, 0.25) is 0 Å². The van der Waals surface area contributed by atoms with E-state index in [4.69, 9.17) is 0 Å². The van der Waals surface area contributed by atoms with Crippen LogP contribution in [0.15, 0.2) is 30.3 Å². The molecular formula is C13H19NO. The van der Waals surface area contributed by atoms with Gasteiger partial charge in [-0.15, -0.1) is 0 Å². The van der Waals surface area contributed by atoms with Crippen molar-refractivity contribution in [2.24, 2.45) is 5.92 Å². The number of aryl methyl sites for hydroxylation is 1. The number of β-amino-alcohol motifs (C(OH)–C–C–N with tert-alkyl or cyclic N) is 1. The lowest BCUT2D eigenvalue weighted by molar-refractivity contribution is 0.139. The van der Waals surface area contributed by atoms with Crippen molar-refractivity contribution in [3.05, 3.63) is 35.9 Å². The number of nitrogens with zero attached hydrogens (tertiary/aromatic N) is 1. The number of likely N-dealkylation sites (tertiary alicyclic amines) is 1. The number of hydrogen-bond donors (Lipinski definition) is 1. The lowest BCUT2D eigenvalue weighted by Crippen LogP contribution is -2.18. The monoisotopic (exact) mass is 205 g/mol. The van der Waals surface area contributed by atoms with E-state index < -0.39 is 0 Å². The molecule has 0 amide bonds. The molecule has 82 valence electrons. The van der Waals surface area contributed by atoms with Crippen LogP contribution in [0.3, 0.4) is 0 Å². The van der Waals surface area contributed by atoms with E-state index >= 15 is 0 Å². The van der Waals surface area contributed by atoms with Crippen LogP contribution in [0.5, 0.6) is 0 Å². The number of benzene rings is 1. The molecule has 1 fully saturated rings. The summed E-state index contributed by atoms with van der Waals surface area (Å²) in [6.07, 6.45) is 2.05. The summed E-state index contributed by atoms with van der Waals surface area (Å²) < 4.78 is 0. The van der Waals surface area contributed by atoms with Gasteiger partial charge in [-0.3, -0.25) is 0 Å². The highest BCUT2D eigenvalue weighted by atomic mass is 16.3. The fourth-order valence-corrected chi connectivity index (χ4v) is 2.35.